The molecule has 2 aliphatic carbocycles. The largest absolute Gasteiger partial charge is 0.417 e. The second-order valence-corrected chi connectivity index (χ2v) is 9.87. The first-order valence-electron chi connectivity index (χ1n) is 12.0. The Labute approximate surface area is 208 Å². The van der Waals surface area contributed by atoms with E-state index in [0.29, 0.717) is 18.7 Å². The number of benzene rings is 2. The van der Waals surface area contributed by atoms with E-state index in [0.717, 1.165) is 25.0 Å². The van der Waals surface area contributed by atoms with Crippen molar-refractivity contribution < 1.29 is 41.0 Å². The summed E-state index contributed by atoms with van der Waals surface area (Å²) in [5.74, 6) is -2.12. The van der Waals surface area contributed by atoms with Gasteiger partial charge in [-0.3, -0.25) is 9.59 Å². The van der Waals surface area contributed by atoms with Crippen LogP contribution >= 0.6 is 0 Å². The number of anilines is 1. The lowest BCUT2D eigenvalue weighted by Gasteiger charge is -2.49. The molecule has 0 aromatic heterocycles. The molecule has 1 N–H and O–H groups in total. The zero-order chi connectivity index (χ0) is 26.7. The highest BCUT2D eigenvalue weighted by Crippen LogP contribution is 2.41. The zero-order valence-electron chi connectivity index (χ0n) is 19.5. The van der Waals surface area contributed by atoms with Gasteiger partial charge in [0.25, 0.3) is 0 Å². The number of carbonyl (C=O) groups excluding carboxylic acids is 2. The van der Waals surface area contributed by atoms with E-state index in [1.807, 2.05) is 4.90 Å². The van der Waals surface area contributed by atoms with Crippen LogP contribution in [0.3, 0.4) is 0 Å². The first-order chi connectivity index (χ1) is 17.3. The lowest BCUT2D eigenvalue weighted by atomic mass is 9.77. The zero-order valence-corrected chi connectivity index (χ0v) is 19.5. The Morgan fingerprint density at radius 2 is 1.73 bits per heavy atom. The quantitative estimate of drug-likeness (QED) is 0.422. The van der Waals surface area contributed by atoms with E-state index in [9.17, 15) is 41.0 Å². The number of carbonyl (C=O) groups is 2. The molecule has 0 spiro atoms. The predicted octanol–water partition coefficient (Wildman–Crippen LogP) is 5.55. The van der Waals surface area contributed by atoms with Gasteiger partial charge in [0.05, 0.1) is 22.8 Å². The maximum absolute atomic E-state index is 14.0. The Morgan fingerprint density at radius 3 is 2.35 bits per heavy atom. The lowest BCUT2D eigenvalue weighted by Crippen LogP contribution is -2.54. The van der Waals surface area contributed by atoms with Gasteiger partial charge >= 0.3 is 12.4 Å². The number of hydrogen-bond donors (Lipinski definition) is 1. The number of halogens is 6. The van der Waals surface area contributed by atoms with Gasteiger partial charge in [-0.2, -0.15) is 26.3 Å². The third-order valence-corrected chi connectivity index (χ3v) is 7.64. The minimum absolute atomic E-state index is 0.0192. The number of alkyl halides is 6. The summed E-state index contributed by atoms with van der Waals surface area (Å²) in [5, 5.41) is 10.1. The van der Waals surface area contributed by atoms with Gasteiger partial charge in [0.1, 0.15) is 0 Å². The van der Waals surface area contributed by atoms with E-state index >= 15 is 0 Å². The average Bonchev–Trinajstić information content (AvgIpc) is 2.83. The van der Waals surface area contributed by atoms with Crippen LogP contribution in [0.25, 0.3) is 0 Å². The molecule has 1 saturated carbocycles. The number of fused-ring (bicyclic) bond motifs is 4. The second kappa shape index (κ2) is 9.01. The summed E-state index contributed by atoms with van der Waals surface area (Å²) in [6.45, 7) is 0.434. The molecule has 0 radical (unpaired) electrons. The van der Waals surface area contributed by atoms with Crippen LogP contribution in [0.4, 0.5) is 32.0 Å². The molecule has 2 aromatic carbocycles. The van der Waals surface area contributed by atoms with Crippen molar-refractivity contribution in [2.75, 3.05) is 11.4 Å². The van der Waals surface area contributed by atoms with E-state index in [1.165, 1.54) is 30.3 Å². The van der Waals surface area contributed by atoms with Crippen molar-refractivity contribution >= 4 is 17.3 Å². The average molecular weight is 523 g/mol. The number of ketones is 2. The number of hydrogen-bond acceptors (Lipinski definition) is 4. The number of piperidine rings is 2. The van der Waals surface area contributed by atoms with Crippen LogP contribution in [-0.4, -0.2) is 35.4 Å². The molecule has 10 heteroatoms. The number of aliphatic hydroxyl groups excluding tert-OH is 1. The Hall–Kier alpha value is -3.14. The summed E-state index contributed by atoms with van der Waals surface area (Å²) in [7, 11) is 0. The highest BCUT2D eigenvalue weighted by atomic mass is 19.4. The Morgan fingerprint density at radius 1 is 1.00 bits per heavy atom. The fourth-order valence-corrected chi connectivity index (χ4v) is 5.79. The van der Waals surface area contributed by atoms with E-state index < -0.39 is 58.7 Å². The van der Waals surface area contributed by atoms with Crippen molar-refractivity contribution in [2.24, 2.45) is 5.92 Å². The van der Waals surface area contributed by atoms with Crippen LogP contribution in [0.1, 0.15) is 51.9 Å². The summed E-state index contributed by atoms with van der Waals surface area (Å²) < 4.78 is 82.5. The maximum atomic E-state index is 14.0. The topological polar surface area (TPSA) is 57.6 Å². The van der Waals surface area contributed by atoms with E-state index in [2.05, 4.69) is 0 Å². The molecule has 2 aromatic rings. The van der Waals surface area contributed by atoms with E-state index in [-0.39, 0.29) is 29.5 Å². The normalized spacial score (nSPS) is 23.6. The van der Waals surface area contributed by atoms with Crippen molar-refractivity contribution in [1.82, 2.24) is 0 Å². The van der Waals surface area contributed by atoms with E-state index in [4.69, 9.17) is 0 Å². The molecule has 37 heavy (non-hydrogen) atoms. The number of allylic oxidation sites excluding steroid dienone is 2. The summed E-state index contributed by atoms with van der Waals surface area (Å²) >= 11 is 0. The second-order valence-electron chi connectivity index (χ2n) is 9.87. The lowest BCUT2D eigenvalue weighted by molar-refractivity contribution is -0.139. The highest BCUT2D eigenvalue weighted by Gasteiger charge is 2.42. The first-order valence-corrected chi connectivity index (χ1v) is 12.0. The van der Waals surface area contributed by atoms with Gasteiger partial charge in [-0.1, -0.05) is 24.3 Å². The van der Waals surface area contributed by atoms with Crippen molar-refractivity contribution in [3.8, 4) is 0 Å². The minimum atomic E-state index is -4.82. The summed E-state index contributed by atoms with van der Waals surface area (Å²) in [6.07, 6.45) is -7.74. The number of Topliss-reactive ketones (excluding diaryl/α,β-unsaturated/α-hetero) is 2. The van der Waals surface area contributed by atoms with Gasteiger partial charge in [0.2, 0.25) is 0 Å². The number of rotatable bonds is 4. The van der Waals surface area contributed by atoms with Gasteiger partial charge in [-0.15, -0.1) is 0 Å². The molecule has 196 valence electrons. The Kier molecular flexibility index (Phi) is 6.21. The molecule has 4 aliphatic rings. The standard InChI is InChI=1S/C27H23F6NO3/c28-26(29,30)20-3-1-2-14-6-9-19(25(37)24(14)20)23(36)10-15-4-7-17(11-21(15)27(31,32)33)34-13-16-5-8-18(34)12-22(16)35/h1-4,7,9,11,16,18,22,35H,5-6,8,10,12-13H2/t16?,18?,22-/m1/s1. The number of aliphatic hydroxyl groups is 1. The predicted molar refractivity (Wildman–Crippen MR) is 122 cm³/mol. The molecule has 3 fully saturated rings. The highest BCUT2D eigenvalue weighted by molar-refractivity contribution is 6.28. The van der Waals surface area contributed by atoms with Crippen molar-refractivity contribution in [3.05, 3.63) is 75.9 Å². The molecule has 2 aliphatic heterocycles. The Bertz CT molecular complexity index is 1300. The molecule has 3 atom stereocenters. The maximum Gasteiger partial charge on any atom is 0.417 e. The number of nitrogens with zero attached hydrogens (tertiary/aromatic N) is 1. The molecule has 2 unspecified atom stereocenters. The molecule has 2 bridgehead atoms. The minimum Gasteiger partial charge on any atom is -0.393 e. The van der Waals surface area contributed by atoms with Crippen LogP contribution in [0.5, 0.6) is 0 Å². The van der Waals surface area contributed by atoms with Crippen LogP contribution < -0.4 is 4.90 Å². The van der Waals surface area contributed by atoms with Crippen LogP contribution in [0.2, 0.25) is 0 Å². The molecular formula is C27H23F6NO3. The third kappa shape index (κ3) is 4.67. The van der Waals surface area contributed by atoms with Gasteiger partial charge in [0.15, 0.2) is 11.6 Å². The Balaban J connectivity index is 1.43. The molecule has 2 heterocycles. The van der Waals surface area contributed by atoms with Gasteiger partial charge in [0, 0.05) is 36.2 Å². The smallest absolute Gasteiger partial charge is 0.393 e. The fraction of sp³-hybridized carbons (Fsp3) is 0.407. The first kappa shape index (κ1) is 25.5. The van der Waals surface area contributed by atoms with Crippen molar-refractivity contribution in [1.29, 1.82) is 0 Å². The van der Waals surface area contributed by atoms with Crippen molar-refractivity contribution in [3.63, 3.8) is 0 Å². The fourth-order valence-electron chi connectivity index (χ4n) is 5.79. The summed E-state index contributed by atoms with van der Waals surface area (Å²) in [5.41, 5.74) is -3.28. The van der Waals surface area contributed by atoms with Crippen LogP contribution in [0, 0.1) is 5.92 Å². The molecule has 4 nitrogen and oxygen atoms in total. The summed E-state index contributed by atoms with van der Waals surface area (Å²) in [6, 6.07) is 6.84. The third-order valence-electron chi connectivity index (χ3n) is 7.64. The summed E-state index contributed by atoms with van der Waals surface area (Å²) in [4.78, 5) is 27.8. The molecule has 0 amide bonds. The van der Waals surface area contributed by atoms with Crippen LogP contribution in [-0.2, 0) is 30.0 Å². The van der Waals surface area contributed by atoms with Crippen molar-refractivity contribution in [2.45, 2.75) is 56.6 Å². The molecular weight excluding hydrogens is 500 g/mol. The van der Waals surface area contributed by atoms with Crippen LogP contribution in [0.15, 0.2) is 48.0 Å². The van der Waals surface area contributed by atoms with Gasteiger partial charge in [-0.25, -0.2) is 0 Å². The molecule has 2 saturated heterocycles. The van der Waals surface area contributed by atoms with E-state index in [1.54, 1.807) is 0 Å². The molecule has 6 rings (SSSR count). The van der Waals surface area contributed by atoms with Gasteiger partial charge < -0.3 is 10.0 Å². The SMILES string of the molecule is O=C(Cc1ccc(N2CC3CCC2C[C@H]3O)cc1C(F)(F)F)C1=CCc2cccc(C(F)(F)F)c2C1=O. The monoisotopic (exact) mass is 523 g/mol. The van der Waals surface area contributed by atoms with Gasteiger partial charge in [-0.05, 0) is 55.0 Å².